The van der Waals surface area contributed by atoms with Gasteiger partial charge in [0.15, 0.2) is 5.82 Å². The summed E-state index contributed by atoms with van der Waals surface area (Å²) in [6.45, 7) is 8.74. The van der Waals surface area contributed by atoms with Gasteiger partial charge in [-0.15, -0.1) is 0 Å². The Bertz CT molecular complexity index is 2270. The minimum atomic E-state index is -0.705. The highest BCUT2D eigenvalue weighted by Gasteiger charge is 2.39. The van der Waals surface area contributed by atoms with Crippen molar-refractivity contribution in [2.24, 2.45) is 11.8 Å². The molecule has 7 rings (SSSR count). The maximum Gasteiger partial charge on any atom is 0.407 e. The zero-order valence-electron chi connectivity index (χ0n) is 33.6. The minimum absolute atomic E-state index is 0.112. The summed E-state index contributed by atoms with van der Waals surface area (Å²) in [4.78, 5) is 80.4. The average molecular weight is 791 g/mol. The van der Waals surface area contributed by atoms with Crippen molar-refractivity contribution in [3.05, 3.63) is 72.7 Å². The quantitative estimate of drug-likeness (QED) is 0.120. The number of likely N-dealkylation sites (tertiary alicyclic amines) is 2. The number of hydrogen-bond acceptors (Lipinski definition) is 10. The molecule has 0 spiro atoms. The second-order valence-electron chi connectivity index (χ2n) is 15.5. The van der Waals surface area contributed by atoms with Gasteiger partial charge in [0.25, 0.3) is 0 Å². The molecule has 0 radical (unpaired) electrons. The highest BCUT2D eigenvalue weighted by molar-refractivity contribution is 5.87. The van der Waals surface area contributed by atoms with Gasteiger partial charge >= 0.3 is 12.2 Å². The minimum Gasteiger partial charge on any atom is -0.453 e. The van der Waals surface area contributed by atoms with E-state index in [0.29, 0.717) is 30.6 Å². The fourth-order valence-corrected chi connectivity index (χ4v) is 7.83. The molecule has 3 aromatic heterocycles. The van der Waals surface area contributed by atoms with Crippen LogP contribution in [0.3, 0.4) is 0 Å². The molecule has 4 N–H and O–H groups in total. The van der Waals surface area contributed by atoms with E-state index in [9.17, 15) is 19.2 Å². The van der Waals surface area contributed by atoms with Crippen LogP contribution in [0.15, 0.2) is 61.1 Å². The first-order valence-electron chi connectivity index (χ1n) is 19.7. The molecular weight excluding hydrogens is 741 g/mol. The highest BCUT2D eigenvalue weighted by atomic mass is 16.5. The Balaban J connectivity index is 1.02. The van der Waals surface area contributed by atoms with E-state index in [1.54, 1.807) is 28.4 Å². The van der Waals surface area contributed by atoms with Crippen LogP contribution in [0.5, 0.6) is 0 Å². The third-order valence-electron chi connectivity index (χ3n) is 11.0. The predicted octanol–water partition coefficient (Wildman–Crippen LogP) is 6.17. The monoisotopic (exact) mass is 790 g/mol. The largest absolute Gasteiger partial charge is 0.453 e. The third-order valence-corrected chi connectivity index (χ3v) is 11.0. The van der Waals surface area contributed by atoms with Crippen LogP contribution in [0, 0.1) is 11.8 Å². The average Bonchev–Trinajstić information content (AvgIpc) is 4.07. The lowest BCUT2D eigenvalue weighted by atomic mass is 10.0. The Labute approximate surface area is 336 Å². The Kier molecular flexibility index (Phi) is 11.7. The van der Waals surface area contributed by atoms with Crippen LogP contribution in [0.4, 0.5) is 9.59 Å². The van der Waals surface area contributed by atoms with Crippen molar-refractivity contribution < 1.29 is 28.7 Å². The molecule has 16 heteroatoms. The fraction of sp³-hybridized carbons (Fsp3) is 0.429. The number of carbonyl (C=O) groups excluding carboxylic acids is 4. The first-order valence-corrected chi connectivity index (χ1v) is 19.7. The standard InChI is InChI=1S/C42H50N10O6/c1-23(2)34(49-41(55)57-5)39(53)51-17-7-9-32(51)37-45-22-31(48-37)26-13-11-25(12-14-26)28-20-43-36(44-21-28)27-15-16-29-30(19-27)47-38(46-29)33-10-8-18-52(33)40(54)35(24(3)4)50-42(56)58-6/h11-16,19-24,32-35H,7-10,17-18H2,1-6H3,(H,45,48)(H,46,47)(H,49,55)(H,50,56). The summed E-state index contributed by atoms with van der Waals surface area (Å²) in [7, 11) is 2.57. The van der Waals surface area contributed by atoms with E-state index in [0.717, 1.165) is 64.7 Å². The van der Waals surface area contributed by atoms with E-state index in [1.807, 2.05) is 70.2 Å². The molecule has 0 bridgehead atoms. The van der Waals surface area contributed by atoms with Gasteiger partial charge in [-0.05, 0) is 66.8 Å². The first kappa shape index (κ1) is 39.9. The molecule has 2 aliphatic rings. The van der Waals surface area contributed by atoms with Crippen LogP contribution in [-0.4, -0.2) is 103 Å². The number of nitrogens with one attached hydrogen (secondary N) is 4. The fourth-order valence-electron chi connectivity index (χ4n) is 7.83. The number of rotatable bonds is 11. The lowest BCUT2D eigenvalue weighted by molar-refractivity contribution is -0.136. The van der Waals surface area contributed by atoms with Crippen LogP contribution in [0.25, 0.3) is 44.8 Å². The summed E-state index contributed by atoms with van der Waals surface area (Å²) in [5.41, 5.74) is 5.99. The van der Waals surface area contributed by atoms with Gasteiger partial charge in [0.05, 0.1) is 49.2 Å². The number of amides is 4. The van der Waals surface area contributed by atoms with E-state index in [2.05, 4.69) is 35.6 Å². The number of imidazole rings is 2. The molecule has 0 aliphatic carbocycles. The first-order chi connectivity index (χ1) is 27.9. The summed E-state index contributed by atoms with van der Waals surface area (Å²) in [6, 6.07) is 12.0. The number of carbonyl (C=O) groups is 4. The van der Waals surface area contributed by atoms with Crippen LogP contribution < -0.4 is 10.6 Å². The van der Waals surface area contributed by atoms with Crippen molar-refractivity contribution in [2.75, 3.05) is 27.3 Å². The molecule has 304 valence electrons. The van der Waals surface area contributed by atoms with E-state index in [4.69, 9.17) is 14.5 Å². The van der Waals surface area contributed by atoms with Crippen LogP contribution in [-0.2, 0) is 19.1 Å². The Morgan fingerprint density at radius 2 is 1.21 bits per heavy atom. The number of fused-ring (bicyclic) bond motifs is 1. The van der Waals surface area contributed by atoms with Crippen LogP contribution in [0.1, 0.15) is 77.1 Å². The number of nitrogens with zero attached hydrogens (tertiary/aromatic N) is 6. The van der Waals surface area contributed by atoms with Gasteiger partial charge in [0.2, 0.25) is 11.8 Å². The maximum absolute atomic E-state index is 13.6. The van der Waals surface area contributed by atoms with Crippen molar-refractivity contribution in [1.29, 1.82) is 0 Å². The van der Waals surface area contributed by atoms with Gasteiger partial charge in [0.1, 0.15) is 23.7 Å². The Morgan fingerprint density at radius 1 is 0.672 bits per heavy atom. The van der Waals surface area contributed by atoms with Gasteiger partial charge in [-0.3, -0.25) is 9.59 Å². The summed E-state index contributed by atoms with van der Waals surface area (Å²) >= 11 is 0. The predicted molar refractivity (Wildman–Crippen MR) is 216 cm³/mol. The summed E-state index contributed by atoms with van der Waals surface area (Å²) in [5.74, 6) is 1.43. The smallest absolute Gasteiger partial charge is 0.407 e. The van der Waals surface area contributed by atoms with Crippen molar-refractivity contribution >= 4 is 35.0 Å². The number of methoxy groups -OCH3 is 2. The molecule has 5 heterocycles. The van der Waals surface area contributed by atoms with Gasteiger partial charge in [0, 0.05) is 36.6 Å². The number of H-pyrrole nitrogens is 2. The summed E-state index contributed by atoms with van der Waals surface area (Å²) in [6.07, 6.45) is 7.32. The lowest BCUT2D eigenvalue weighted by Crippen LogP contribution is -2.51. The number of benzene rings is 2. The molecule has 2 fully saturated rings. The molecule has 2 aromatic carbocycles. The highest BCUT2D eigenvalue weighted by Crippen LogP contribution is 2.35. The summed E-state index contributed by atoms with van der Waals surface area (Å²) < 4.78 is 9.51. The van der Waals surface area contributed by atoms with Gasteiger partial charge in [-0.1, -0.05) is 52.0 Å². The van der Waals surface area contributed by atoms with E-state index >= 15 is 0 Å². The molecule has 4 atom stereocenters. The summed E-state index contributed by atoms with van der Waals surface area (Å²) in [5, 5.41) is 5.38. The Hall–Kier alpha value is -6.32. The molecule has 2 saturated heterocycles. The zero-order chi connectivity index (χ0) is 41.1. The number of hydrogen-bond donors (Lipinski definition) is 4. The molecule has 4 amide bonds. The number of aromatic nitrogens is 6. The normalized spacial score (nSPS) is 17.8. The van der Waals surface area contributed by atoms with Crippen LogP contribution in [0.2, 0.25) is 0 Å². The maximum atomic E-state index is 13.6. The molecule has 5 aromatic rings. The zero-order valence-corrected chi connectivity index (χ0v) is 33.6. The van der Waals surface area contributed by atoms with Crippen molar-refractivity contribution in [3.8, 4) is 33.8 Å². The van der Waals surface area contributed by atoms with Gasteiger partial charge in [-0.25, -0.2) is 29.5 Å². The van der Waals surface area contributed by atoms with Gasteiger partial charge in [-0.2, -0.15) is 0 Å². The molecule has 0 saturated carbocycles. The van der Waals surface area contributed by atoms with E-state index < -0.39 is 24.3 Å². The van der Waals surface area contributed by atoms with Crippen molar-refractivity contribution in [1.82, 2.24) is 50.3 Å². The van der Waals surface area contributed by atoms with Gasteiger partial charge < -0.3 is 39.9 Å². The lowest BCUT2D eigenvalue weighted by Gasteiger charge is -2.30. The van der Waals surface area contributed by atoms with E-state index in [-0.39, 0.29) is 35.7 Å². The number of alkyl carbamates (subject to hydrolysis) is 2. The third kappa shape index (κ3) is 8.22. The number of aromatic amines is 2. The molecule has 58 heavy (non-hydrogen) atoms. The molecule has 16 nitrogen and oxygen atoms in total. The van der Waals surface area contributed by atoms with Crippen LogP contribution >= 0.6 is 0 Å². The SMILES string of the molecule is COC(=O)NC(C(=O)N1CCCC1c1ncc(-c2ccc(-c3cnc(-c4ccc5nc(C6CCCN6C(=O)C(NC(=O)OC)C(C)C)[nH]c5c4)nc3)cc2)[nH]1)C(C)C. The topological polar surface area (TPSA) is 200 Å². The van der Waals surface area contributed by atoms with Crippen molar-refractivity contribution in [2.45, 2.75) is 77.5 Å². The van der Waals surface area contributed by atoms with Crippen molar-refractivity contribution in [3.63, 3.8) is 0 Å². The molecule has 2 aliphatic heterocycles. The second-order valence-corrected chi connectivity index (χ2v) is 15.5. The second kappa shape index (κ2) is 17.0. The molecular formula is C42H50N10O6. The molecule has 4 unspecified atom stereocenters. The number of ether oxygens (including phenoxy) is 2. The van der Waals surface area contributed by atoms with E-state index in [1.165, 1.54) is 14.2 Å². The Morgan fingerprint density at radius 3 is 1.76 bits per heavy atom.